The zero-order chi connectivity index (χ0) is 9.94. The first kappa shape index (κ1) is 13.3. The molecule has 0 aromatic rings. The van der Waals surface area contributed by atoms with Gasteiger partial charge in [-0.3, -0.25) is 0 Å². The topological polar surface area (TPSA) is 15.3 Å². The molecule has 0 saturated carbocycles. The van der Waals surface area contributed by atoms with Crippen LogP contribution in [0.2, 0.25) is 0 Å². The third kappa shape index (κ3) is 8.60. The second-order valence-corrected chi connectivity index (χ2v) is 4.37. The molecule has 1 N–H and O–H groups in total. The maximum absolute atomic E-state index is 3.46. The van der Waals surface area contributed by atoms with Crippen molar-refractivity contribution in [3.63, 3.8) is 0 Å². The zero-order valence-corrected chi connectivity index (χ0v) is 10.1. The summed E-state index contributed by atoms with van der Waals surface area (Å²) < 4.78 is 0. The number of hydrogen-bond acceptors (Lipinski definition) is 3. The standard InChI is InChI=1S/C10H24N2S/c1-4-12(5-2)9-7-11-8-10-13-6-3/h11H,4-10H2,1-3H3. The smallest absolute Gasteiger partial charge is 0.0107 e. The number of nitrogens with one attached hydrogen (secondary N) is 1. The van der Waals surface area contributed by atoms with Crippen LogP contribution in [0.25, 0.3) is 0 Å². The lowest BCUT2D eigenvalue weighted by Crippen LogP contribution is -2.32. The minimum atomic E-state index is 1.13. The summed E-state index contributed by atoms with van der Waals surface area (Å²) >= 11 is 2.00. The Bertz CT molecular complexity index is 94.9. The van der Waals surface area contributed by atoms with Gasteiger partial charge in [0, 0.05) is 25.4 Å². The Hall–Kier alpha value is 0.270. The molecule has 0 aliphatic rings. The Kier molecular flexibility index (Phi) is 10.6. The van der Waals surface area contributed by atoms with Gasteiger partial charge in [0.25, 0.3) is 0 Å². The summed E-state index contributed by atoms with van der Waals surface area (Å²) in [6.45, 7) is 12.5. The van der Waals surface area contributed by atoms with E-state index in [4.69, 9.17) is 0 Å². The maximum Gasteiger partial charge on any atom is 0.0107 e. The average Bonchev–Trinajstić information content (AvgIpc) is 2.17. The molecular weight excluding hydrogens is 180 g/mol. The van der Waals surface area contributed by atoms with Gasteiger partial charge in [0.05, 0.1) is 0 Å². The lowest BCUT2D eigenvalue weighted by atomic mass is 10.4. The third-order valence-electron chi connectivity index (χ3n) is 2.13. The van der Waals surface area contributed by atoms with Gasteiger partial charge < -0.3 is 10.2 Å². The van der Waals surface area contributed by atoms with E-state index in [1.54, 1.807) is 0 Å². The molecule has 0 radical (unpaired) electrons. The van der Waals surface area contributed by atoms with Crippen LogP contribution in [0.5, 0.6) is 0 Å². The van der Waals surface area contributed by atoms with Crippen LogP contribution in [0.15, 0.2) is 0 Å². The van der Waals surface area contributed by atoms with Crippen molar-refractivity contribution in [1.82, 2.24) is 10.2 Å². The predicted octanol–water partition coefficient (Wildman–Crippen LogP) is 1.67. The lowest BCUT2D eigenvalue weighted by Gasteiger charge is -2.17. The minimum Gasteiger partial charge on any atom is -0.315 e. The molecule has 0 saturated heterocycles. The second-order valence-electron chi connectivity index (χ2n) is 2.97. The molecule has 0 bridgehead atoms. The first-order valence-corrected chi connectivity index (χ1v) is 6.51. The number of hydrogen-bond donors (Lipinski definition) is 1. The number of thioether (sulfide) groups is 1. The van der Waals surface area contributed by atoms with Crippen molar-refractivity contribution in [2.45, 2.75) is 20.8 Å². The number of rotatable bonds is 9. The van der Waals surface area contributed by atoms with Crippen LogP contribution < -0.4 is 5.32 Å². The highest BCUT2D eigenvalue weighted by Gasteiger charge is 1.96. The van der Waals surface area contributed by atoms with E-state index < -0.39 is 0 Å². The third-order valence-corrected chi connectivity index (χ3v) is 3.03. The fourth-order valence-corrected chi connectivity index (χ4v) is 1.77. The molecule has 0 rings (SSSR count). The Morgan fingerprint density at radius 1 is 1.08 bits per heavy atom. The molecule has 80 valence electrons. The van der Waals surface area contributed by atoms with E-state index in [2.05, 4.69) is 31.0 Å². The highest BCUT2D eigenvalue weighted by molar-refractivity contribution is 7.99. The van der Waals surface area contributed by atoms with E-state index >= 15 is 0 Å². The van der Waals surface area contributed by atoms with Crippen molar-refractivity contribution in [3.8, 4) is 0 Å². The van der Waals surface area contributed by atoms with Gasteiger partial charge in [-0.2, -0.15) is 11.8 Å². The second kappa shape index (κ2) is 10.4. The van der Waals surface area contributed by atoms with Crippen LogP contribution >= 0.6 is 11.8 Å². The summed E-state index contributed by atoms with van der Waals surface area (Å²) in [5.41, 5.74) is 0. The van der Waals surface area contributed by atoms with E-state index in [1.807, 2.05) is 11.8 Å². The highest BCUT2D eigenvalue weighted by Crippen LogP contribution is 1.94. The quantitative estimate of drug-likeness (QED) is 0.575. The van der Waals surface area contributed by atoms with Crippen molar-refractivity contribution >= 4 is 11.8 Å². The van der Waals surface area contributed by atoms with Crippen LogP contribution in [0.1, 0.15) is 20.8 Å². The lowest BCUT2D eigenvalue weighted by molar-refractivity contribution is 0.303. The molecule has 0 aliphatic carbocycles. The summed E-state index contributed by atoms with van der Waals surface area (Å²) in [5.74, 6) is 2.48. The van der Waals surface area contributed by atoms with Gasteiger partial charge in [-0.15, -0.1) is 0 Å². The first-order chi connectivity index (χ1) is 6.35. The molecule has 0 fully saturated rings. The van der Waals surface area contributed by atoms with Crippen LogP contribution in [-0.4, -0.2) is 49.1 Å². The van der Waals surface area contributed by atoms with Gasteiger partial charge in [0.15, 0.2) is 0 Å². The van der Waals surface area contributed by atoms with Gasteiger partial charge in [0.1, 0.15) is 0 Å². The van der Waals surface area contributed by atoms with E-state index in [9.17, 15) is 0 Å². The van der Waals surface area contributed by atoms with Gasteiger partial charge >= 0.3 is 0 Å². The normalized spacial score (nSPS) is 11.1. The fraction of sp³-hybridized carbons (Fsp3) is 1.00. The largest absolute Gasteiger partial charge is 0.315 e. The monoisotopic (exact) mass is 204 g/mol. The van der Waals surface area contributed by atoms with Gasteiger partial charge in [-0.25, -0.2) is 0 Å². The molecule has 0 spiro atoms. The SMILES string of the molecule is CCSCCNCCN(CC)CC. The van der Waals surface area contributed by atoms with Gasteiger partial charge in [-0.1, -0.05) is 20.8 Å². The van der Waals surface area contributed by atoms with Crippen LogP contribution in [0.3, 0.4) is 0 Å². The summed E-state index contributed by atoms with van der Waals surface area (Å²) in [4.78, 5) is 2.44. The minimum absolute atomic E-state index is 1.13. The first-order valence-electron chi connectivity index (χ1n) is 5.35. The molecule has 0 aromatic carbocycles. The molecule has 0 aromatic heterocycles. The molecule has 0 heterocycles. The molecule has 0 aliphatic heterocycles. The van der Waals surface area contributed by atoms with E-state index in [0.717, 1.165) is 13.1 Å². The summed E-state index contributed by atoms with van der Waals surface area (Å²) in [6, 6.07) is 0. The molecule has 0 atom stereocenters. The number of likely N-dealkylation sites (N-methyl/N-ethyl adjacent to an activating group) is 1. The van der Waals surface area contributed by atoms with Gasteiger partial charge in [0.2, 0.25) is 0 Å². The van der Waals surface area contributed by atoms with E-state index in [1.165, 1.54) is 31.1 Å². The Morgan fingerprint density at radius 3 is 2.31 bits per heavy atom. The van der Waals surface area contributed by atoms with Crippen molar-refractivity contribution in [3.05, 3.63) is 0 Å². The summed E-state index contributed by atoms with van der Waals surface area (Å²) in [6.07, 6.45) is 0. The van der Waals surface area contributed by atoms with Crippen molar-refractivity contribution in [2.24, 2.45) is 0 Å². The zero-order valence-electron chi connectivity index (χ0n) is 9.31. The fourth-order valence-electron chi connectivity index (χ4n) is 1.19. The van der Waals surface area contributed by atoms with Crippen molar-refractivity contribution in [2.75, 3.05) is 44.2 Å². The Morgan fingerprint density at radius 2 is 1.77 bits per heavy atom. The Labute approximate surface area is 87.5 Å². The molecule has 3 heteroatoms. The van der Waals surface area contributed by atoms with E-state index in [0.29, 0.717) is 0 Å². The summed E-state index contributed by atoms with van der Waals surface area (Å²) in [7, 11) is 0. The molecule has 13 heavy (non-hydrogen) atoms. The number of nitrogens with zero attached hydrogens (tertiary/aromatic N) is 1. The van der Waals surface area contributed by atoms with E-state index in [-0.39, 0.29) is 0 Å². The van der Waals surface area contributed by atoms with Crippen LogP contribution in [-0.2, 0) is 0 Å². The van der Waals surface area contributed by atoms with Crippen LogP contribution in [0.4, 0.5) is 0 Å². The molecule has 2 nitrogen and oxygen atoms in total. The molecular formula is C10H24N2S. The van der Waals surface area contributed by atoms with Crippen LogP contribution in [0, 0.1) is 0 Å². The summed E-state index contributed by atoms with van der Waals surface area (Å²) in [5, 5.41) is 3.46. The highest BCUT2D eigenvalue weighted by atomic mass is 32.2. The molecule has 0 amide bonds. The van der Waals surface area contributed by atoms with Crippen molar-refractivity contribution < 1.29 is 0 Å². The van der Waals surface area contributed by atoms with Crippen molar-refractivity contribution in [1.29, 1.82) is 0 Å². The average molecular weight is 204 g/mol. The predicted molar refractivity (Wildman–Crippen MR) is 63.7 cm³/mol. The Balaban J connectivity index is 3.05. The maximum atomic E-state index is 3.46. The van der Waals surface area contributed by atoms with Gasteiger partial charge in [-0.05, 0) is 18.8 Å². The molecule has 0 unspecified atom stereocenters.